The highest BCUT2D eigenvalue weighted by Gasteiger charge is 2.27. The van der Waals surface area contributed by atoms with Gasteiger partial charge in [0.25, 0.3) is 5.91 Å². The van der Waals surface area contributed by atoms with Crippen LogP contribution in [0.2, 0.25) is 0 Å². The normalized spacial score (nSPS) is 16.1. The summed E-state index contributed by atoms with van der Waals surface area (Å²) in [5, 5.41) is 12.8. The molecule has 1 aromatic rings. The largest absolute Gasteiger partial charge is 0.481 e. The second-order valence-electron chi connectivity index (χ2n) is 4.76. The number of aromatic nitrogens is 2. The number of carbonyl (C=O) groups excluding carboxylic acids is 2. The summed E-state index contributed by atoms with van der Waals surface area (Å²) in [5.41, 5.74) is 5.19. The summed E-state index contributed by atoms with van der Waals surface area (Å²) in [5.74, 6) is -1.97. The molecular formula is C12H16N4O4. The molecule has 108 valence electrons. The van der Waals surface area contributed by atoms with Crippen molar-refractivity contribution < 1.29 is 19.5 Å². The minimum absolute atomic E-state index is 0.0189. The summed E-state index contributed by atoms with van der Waals surface area (Å²) in [6, 6.07) is 1.45. The van der Waals surface area contributed by atoms with E-state index in [0.29, 0.717) is 25.9 Å². The van der Waals surface area contributed by atoms with Gasteiger partial charge in [-0.15, -0.1) is 0 Å². The highest BCUT2D eigenvalue weighted by molar-refractivity contribution is 5.90. The molecule has 0 unspecified atom stereocenters. The van der Waals surface area contributed by atoms with E-state index in [1.54, 1.807) is 4.90 Å². The van der Waals surface area contributed by atoms with Gasteiger partial charge < -0.3 is 15.7 Å². The maximum absolute atomic E-state index is 12.0. The van der Waals surface area contributed by atoms with Crippen molar-refractivity contribution in [2.45, 2.75) is 19.4 Å². The third-order valence-corrected chi connectivity index (χ3v) is 3.39. The lowest BCUT2D eigenvalue weighted by Gasteiger charge is -2.30. The molecule has 8 nitrogen and oxygen atoms in total. The molecule has 1 aliphatic heterocycles. The lowest BCUT2D eigenvalue weighted by atomic mass is 9.97. The van der Waals surface area contributed by atoms with Gasteiger partial charge in [-0.1, -0.05) is 0 Å². The molecule has 0 aliphatic carbocycles. The molecule has 2 rings (SSSR count). The Balaban J connectivity index is 1.89. The fourth-order valence-corrected chi connectivity index (χ4v) is 2.20. The monoisotopic (exact) mass is 280 g/mol. The lowest BCUT2D eigenvalue weighted by molar-refractivity contribution is -0.145. The number of carboxylic acids is 1. The molecule has 2 heterocycles. The quantitative estimate of drug-likeness (QED) is 0.756. The Hall–Kier alpha value is -2.38. The Labute approximate surface area is 115 Å². The highest BCUT2D eigenvalue weighted by atomic mass is 16.4. The predicted octanol–water partition coefficient (Wildman–Crippen LogP) is -0.695. The Bertz CT molecular complexity index is 531. The van der Waals surface area contributed by atoms with Crippen LogP contribution in [0.5, 0.6) is 0 Å². The van der Waals surface area contributed by atoms with E-state index in [0.717, 1.165) is 0 Å². The van der Waals surface area contributed by atoms with Crippen LogP contribution in [0.25, 0.3) is 0 Å². The summed E-state index contributed by atoms with van der Waals surface area (Å²) in [4.78, 5) is 35.4. The summed E-state index contributed by atoms with van der Waals surface area (Å²) in [7, 11) is 0. The molecular weight excluding hydrogens is 264 g/mol. The fraction of sp³-hybridized carbons (Fsp3) is 0.500. The van der Waals surface area contributed by atoms with Crippen LogP contribution in [-0.2, 0) is 16.1 Å². The zero-order valence-corrected chi connectivity index (χ0v) is 10.9. The van der Waals surface area contributed by atoms with E-state index in [9.17, 15) is 14.4 Å². The van der Waals surface area contributed by atoms with Gasteiger partial charge in [0.05, 0.1) is 5.92 Å². The molecule has 0 atom stereocenters. The van der Waals surface area contributed by atoms with Crippen LogP contribution in [-0.4, -0.2) is 50.7 Å². The molecule has 1 aliphatic rings. The maximum Gasteiger partial charge on any atom is 0.306 e. The number of piperidine rings is 1. The van der Waals surface area contributed by atoms with Gasteiger partial charge in [-0.2, -0.15) is 5.10 Å². The van der Waals surface area contributed by atoms with Crippen molar-refractivity contribution in [1.29, 1.82) is 0 Å². The summed E-state index contributed by atoms with van der Waals surface area (Å²) < 4.78 is 1.35. The van der Waals surface area contributed by atoms with Crippen LogP contribution in [0.1, 0.15) is 23.3 Å². The van der Waals surface area contributed by atoms with Gasteiger partial charge in [0.1, 0.15) is 12.2 Å². The highest BCUT2D eigenvalue weighted by Crippen LogP contribution is 2.17. The second-order valence-corrected chi connectivity index (χ2v) is 4.76. The number of hydrogen-bond donors (Lipinski definition) is 2. The first-order valence-corrected chi connectivity index (χ1v) is 6.31. The minimum Gasteiger partial charge on any atom is -0.481 e. The summed E-state index contributed by atoms with van der Waals surface area (Å²) in [6.07, 6.45) is 2.45. The number of hydrogen-bond acceptors (Lipinski definition) is 4. The number of rotatable bonds is 4. The van der Waals surface area contributed by atoms with Crippen LogP contribution >= 0.6 is 0 Å². The van der Waals surface area contributed by atoms with Crippen LogP contribution in [0, 0.1) is 5.92 Å². The topological polar surface area (TPSA) is 119 Å². The van der Waals surface area contributed by atoms with Gasteiger partial charge in [-0.05, 0) is 18.9 Å². The Morgan fingerprint density at radius 1 is 1.35 bits per heavy atom. The Morgan fingerprint density at radius 3 is 2.50 bits per heavy atom. The number of nitrogens with two attached hydrogens (primary N) is 1. The molecule has 1 aromatic heterocycles. The van der Waals surface area contributed by atoms with Crippen molar-refractivity contribution >= 4 is 17.8 Å². The van der Waals surface area contributed by atoms with E-state index in [1.165, 1.54) is 16.9 Å². The first-order valence-electron chi connectivity index (χ1n) is 6.31. The molecule has 0 aromatic carbocycles. The third-order valence-electron chi connectivity index (χ3n) is 3.39. The predicted molar refractivity (Wildman–Crippen MR) is 67.7 cm³/mol. The van der Waals surface area contributed by atoms with E-state index in [4.69, 9.17) is 10.8 Å². The Morgan fingerprint density at radius 2 is 2.00 bits per heavy atom. The van der Waals surface area contributed by atoms with E-state index >= 15 is 0 Å². The lowest BCUT2D eigenvalue weighted by Crippen LogP contribution is -2.41. The first-order chi connectivity index (χ1) is 9.47. The van der Waals surface area contributed by atoms with Crippen LogP contribution in [0.3, 0.4) is 0 Å². The smallest absolute Gasteiger partial charge is 0.306 e. The number of carboxylic acid groups (broad SMARTS) is 1. The molecule has 8 heteroatoms. The van der Waals surface area contributed by atoms with Gasteiger partial charge in [-0.25, -0.2) is 0 Å². The average Bonchev–Trinajstić information content (AvgIpc) is 2.87. The van der Waals surface area contributed by atoms with E-state index in [-0.39, 0.29) is 24.1 Å². The third kappa shape index (κ3) is 3.14. The molecule has 20 heavy (non-hydrogen) atoms. The van der Waals surface area contributed by atoms with E-state index < -0.39 is 11.9 Å². The molecule has 1 fully saturated rings. The molecule has 0 spiro atoms. The van der Waals surface area contributed by atoms with Crippen molar-refractivity contribution in [3.05, 3.63) is 18.0 Å². The average molecular weight is 280 g/mol. The second kappa shape index (κ2) is 5.72. The Kier molecular flexibility index (Phi) is 4.02. The summed E-state index contributed by atoms with van der Waals surface area (Å²) >= 11 is 0. The molecule has 0 saturated carbocycles. The number of carbonyl (C=O) groups is 3. The SMILES string of the molecule is NC(=O)c1ccn(CC(=O)N2CCC(C(=O)O)CC2)n1. The minimum atomic E-state index is -0.810. The fourth-order valence-electron chi connectivity index (χ4n) is 2.20. The van der Waals surface area contributed by atoms with Crippen LogP contribution in [0.15, 0.2) is 12.3 Å². The number of likely N-dealkylation sites (tertiary alicyclic amines) is 1. The van der Waals surface area contributed by atoms with Crippen LogP contribution in [0.4, 0.5) is 0 Å². The van der Waals surface area contributed by atoms with Gasteiger partial charge in [0, 0.05) is 19.3 Å². The van der Waals surface area contributed by atoms with Crippen molar-refractivity contribution in [2.75, 3.05) is 13.1 Å². The molecule has 0 bridgehead atoms. The number of aliphatic carboxylic acids is 1. The van der Waals surface area contributed by atoms with Gasteiger partial charge in [0.2, 0.25) is 5.91 Å². The zero-order chi connectivity index (χ0) is 14.7. The molecule has 0 radical (unpaired) electrons. The van der Waals surface area contributed by atoms with Gasteiger partial charge in [-0.3, -0.25) is 19.1 Å². The first kappa shape index (κ1) is 14.0. The van der Waals surface area contributed by atoms with Crippen molar-refractivity contribution in [2.24, 2.45) is 11.7 Å². The van der Waals surface area contributed by atoms with E-state index in [2.05, 4.69) is 5.10 Å². The molecule has 2 amide bonds. The number of primary amides is 1. The van der Waals surface area contributed by atoms with E-state index in [1.807, 2.05) is 0 Å². The van der Waals surface area contributed by atoms with Gasteiger partial charge in [0.15, 0.2) is 0 Å². The van der Waals surface area contributed by atoms with Crippen molar-refractivity contribution in [1.82, 2.24) is 14.7 Å². The molecule has 3 N–H and O–H groups in total. The molecule has 1 saturated heterocycles. The standard InChI is InChI=1S/C12H16N4O4/c13-11(18)9-3-6-16(14-9)7-10(17)15-4-1-8(2-5-15)12(19)20/h3,6,8H,1-2,4-5,7H2,(H2,13,18)(H,19,20). The maximum atomic E-state index is 12.0. The van der Waals surface area contributed by atoms with Gasteiger partial charge >= 0.3 is 5.97 Å². The number of nitrogens with zero attached hydrogens (tertiary/aromatic N) is 3. The van der Waals surface area contributed by atoms with Crippen LogP contribution < -0.4 is 5.73 Å². The van der Waals surface area contributed by atoms with Crippen molar-refractivity contribution in [3.8, 4) is 0 Å². The number of amides is 2. The van der Waals surface area contributed by atoms with Crippen molar-refractivity contribution in [3.63, 3.8) is 0 Å². The summed E-state index contributed by atoms with van der Waals surface area (Å²) in [6.45, 7) is 0.879. The zero-order valence-electron chi connectivity index (χ0n) is 10.9.